The van der Waals surface area contributed by atoms with Crippen LogP contribution < -0.4 is 21.7 Å². The van der Waals surface area contributed by atoms with E-state index >= 15 is 0 Å². The van der Waals surface area contributed by atoms with Crippen molar-refractivity contribution in [3.05, 3.63) is 65.9 Å². The molecule has 0 aliphatic carbocycles. The molecule has 2 aromatic carbocycles. The minimum atomic E-state index is -1.11. The fourth-order valence-corrected chi connectivity index (χ4v) is 6.01. The number of benzene rings is 2. The van der Waals surface area contributed by atoms with E-state index in [2.05, 4.69) is 32.6 Å². The summed E-state index contributed by atoms with van der Waals surface area (Å²) in [5, 5.41) is 8.02. The van der Waals surface area contributed by atoms with Crippen molar-refractivity contribution >= 4 is 40.4 Å². The molecule has 4 heterocycles. The zero-order valence-corrected chi connectivity index (χ0v) is 22.7. The number of hydrogen-bond acceptors (Lipinski definition) is 8. The number of aromatic nitrogens is 3. The zero-order chi connectivity index (χ0) is 28.1. The smallest absolute Gasteiger partial charge is 0.320 e. The SMILES string of the molecule is CC(C)(N)C(=O)N[C@H](Cc1c[nH]c2ccccc12)C(=O)N1CCC2(CC1)CN(c1noc(N)n1)c1ccccc12. The van der Waals surface area contributed by atoms with Crippen LogP contribution in [-0.4, -0.2) is 63.1 Å². The molecule has 1 fully saturated rings. The number of rotatable bonds is 6. The summed E-state index contributed by atoms with van der Waals surface area (Å²) in [4.78, 5) is 38.3. The Morgan fingerprint density at radius 2 is 1.88 bits per heavy atom. The quantitative estimate of drug-likeness (QED) is 0.289. The van der Waals surface area contributed by atoms with Crippen LogP contribution in [0.3, 0.4) is 0 Å². The van der Waals surface area contributed by atoms with Gasteiger partial charge >= 0.3 is 6.01 Å². The van der Waals surface area contributed by atoms with Gasteiger partial charge < -0.3 is 36.1 Å². The number of fused-ring (bicyclic) bond motifs is 3. The Kier molecular flexibility index (Phi) is 6.25. The van der Waals surface area contributed by atoms with E-state index in [0.29, 0.717) is 32.0 Å². The van der Waals surface area contributed by atoms with Crippen LogP contribution in [0.5, 0.6) is 0 Å². The van der Waals surface area contributed by atoms with Gasteiger partial charge in [0.2, 0.25) is 11.8 Å². The summed E-state index contributed by atoms with van der Waals surface area (Å²) in [5.41, 5.74) is 14.7. The Bertz CT molecular complexity index is 1560. The maximum atomic E-state index is 14.0. The Morgan fingerprint density at radius 3 is 2.60 bits per heavy atom. The maximum Gasteiger partial charge on any atom is 0.320 e. The van der Waals surface area contributed by atoms with Crippen molar-refractivity contribution in [3.8, 4) is 0 Å². The molecule has 0 unspecified atom stereocenters. The van der Waals surface area contributed by atoms with Crippen LogP contribution >= 0.6 is 0 Å². The van der Waals surface area contributed by atoms with E-state index < -0.39 is 11.6 Å². The molecule has 1 saturated heterocycles. The van der Waals surface area contributed by atoms with Crippen LogP contribution in [-0.2, 0) is 21.4 Å². The van der Waals surface area contributed by atoms with Crippen molar-refractivity contribution in [1.29, 1.82) is 0 Å². The lowest BCUT2D eigenvalue weighted by molar-refractivity contribution is -0.138. The molecule has 1 spiro atoms. The molecule has 4 aromatic rings. The molecule has 0 radical (unpaired) electrons. The molecule has 0 saturated carbocycles. The van der Waals surface area contributed by atoms with E-state index in [1.165, 1.54) is 5.56 Å². The highest BCUT2D eigenvalue weighted by Crippen LogP contribution is 2.49. The number of nitrogens with one attached hydrogen (secondary N) is 2. The second-order valence-corrected chi connectivity index (χ2v) is 11.5. The number of amides is 2. The van der Waals surface area contributed by atoms with Crippen molar-refractivity contribution in [1.82, 2.24) is 25.3 Å². The molecule has 2 aromatic heterocycles. The van der Waals surface area contributed by atoms with Gasteiger partial charge in [0.1, 0.15) is 6.04 Å². The van der Waals surface area contributed by atoms with Crippen LogP contribution in [0.1, 0.15) is 37.8 Å². The van der Waals surface area contributed by atoms with Crippen molar-refractivity contribution in [3.63, 3.8) is 0 Å². The van der Waals surface area contributed by atoms with Gasteiger partial charge in [0.05, 0.1) is 5.54 Å². The lowest BCUT2D eigenvalue weighted by Crippen LogP contribution is -2.58. The van der Waals surface area contributed by atoms with E-state index in [-0.39, 0.29) is 23.2 Å². The van der Waals surface area contributed by atoms with Crippen molar-refractivity contribution in [2.45, 2.75) is 50.1 Å². The van der Waals surface area contributed by atoms with Gasteiger partial charge in [-0.25, -0.2) is 0 Å². The van der Waals surface area contributed by atoms with Crippen molar-refractivity contribution in [2.24, 2.45) is 5.73 Å². The van der Waals surface area contributed by atoms with E-state index in [4.69, 9.17) is 16.0 Å². The van der Waals surface area contributed by atoms with Crippen LogP contribution in [0.25, 0.3) is 10.9 Å². The third-order valence-corrected chi connectivity index (χ3v) is 8.22. The van der Waals surface area contributed by atoms with Gasteiger partial charge in [-0.05, 0) is 55.1 Å². The molecular formula is C29H34N8O3. The highest BCUT2D eigenvalue weighted by atomic mass is 16.5. The fraction of sp³-hybridized carbons (Fsp3) is 0.379. The Hall–Kier alpha value is -4.38. The standard InChI is InChI=1S/C29H34N8O3/c1-28(2,31)25(39)33-22(15-18-16-32-21-9-5-3-7-19(18)21)24(38)36-13-11-29(12-14-36)17-37(27-34-26(30)40-35-27)23-10-6-4-8-20(23)29/h3-10,16,22,32H,11-15,17,31H2,1-2H3,(H,33,39)(H2,30,34,35)/t22-/m1/s1. The van der Waals surface area contributed by atoms with Crippen LogP contribution in [0.15, 0.2) is 59.3 Å². The molecular weight excluding hydrogens is 508 g/mol. The van der Waals surface area contributed by atoms with Crippen LogP contribution in [0.4, 0.5) is 17.7 Å². The molecule has 11 heteroatoms. The molecule has 0 bridgehead atoms. The summed E-state index contributed by atoms with van der Waals surface area (Å²) in [7, 11) is 0. The number of carbonyl (C=O) groups excluding carboxylic acids is 2. The summed E-state index contributed by atoms with van der Waals surface area (Å²) in [5.74, 6) is -0.0306. The number of aromatic amines is 1. The number of para-hydroxylation sites is 2. The third kappa shape index (κ3) is 4.56. The van der Waals surface area contributed by atoms with Crippen LogP contribution in [0.2, 0.25) is 0 Å². The molecule has 6 rings (SSSR count). The predicted molar refractivity (Wildman–Crippen MR) is 152 cm³/mol. The Balaban J connectivity index is 1.23. The van der Waals surface area contributed by atoms with E-state index in [9.17, 15) is 9.59 Å². The second-order valence-electron chi connectivity index (χ2n) is 11.5. The molecule has 11 nitrogen and oxygen atoms in total. The summed E-state index contributed by atoms with van der Waals surface area (Å²) in [6.07, 6.45) is 3.79. The highest BCUT2D eigenvalue weighted by Gasteiger charge is 2.47. The molecule has 6 N–H and O–H groups in total. The highest BCUT2D eigenvalue weighted by molar-refractivity contribution is 5.92. The average Bonchev–Trinajstić information content (AvgIpc) is 3.64. The van der Waals surface area contributed by atoms with Gasteiger partial charge in [-0.2, -0.15) is 4.98 Å². The van der Waals surface area contributed by atoms with Gasteiger partial charge in [-0.15, -0.1) is 0 Å². The number of piperidine rings is 1. The molecule has 208 valence electrons. The number of H-pyrrole nitrogens is 1. The topological polar surface area (TPSA) is 159 Å². The number of anilines is 3. The number of nitrogens with zero attached hydrogens (tertiary/aromatic N) is 4. The normalized spacial score (nSPS) is 17.3. The summed E-state index contributed by atoms with van der Waals surface area (Å²) < 4.78 is 5.04. The predicted octanol–water partition coefficient (Wildman–Crippen LogP) is 2.61. The number of carbonyl (C=O) groups is 2. The van der Waals surface area contributed by atoms with Crippen LogP contribution in [0, 0.1) is 0 Å². The Labute approximate surface area is 231 Å². The van der Waals surface area contributed by atoms with Gasteiger partial charge in [0.25, 0.3) is 5.95 Å². The Morgan fingerprint density at radius 1 is 1.15 bits per heavy atom. The van der Waals surface area contributed by atoms with Crippen molar-refractivity contribution in [2.75, 3.05) is 30.3 Å². The van der Waals surface area contributed by atoms with Gasteiger partial charge in [0.15, 0.2) is 0 Å². The first-order valence-corrected chi connectivity index (χ1v) is 13.5. The lowest BCUT2D eigenvalue weighted by Gasteiger charge is -2.41. The van der Waals surface area contributed by atoms with E-state index in [0.717, 1.165) is 35.0 Å². The molecule has 2 aliphatic rings. The molecule has 40 heavy (non-hydrogen) atoms. The minimum Gasteiger partial charge on any atom is -0.361 e. The first-order chi connectivity index (χ1) is 19.1. The number of likely N-dealkylation sites (tertiary alicyclic amines) is 1. The van der Waals surface area contributed by atoms with Gasteiger partial charge in [-0.1, -0.05) is 36.4 Å². The molecule has 1 atom stereocenters. The second kappa shape index (κ2) is 9.67. The largest absolute Gasteiger partial charge is 0.361 e. The van der Waals surface area contributed by atoms with E-state index in [1.807, 2.05) is 52.4 Å². The number of hydrogen-bond donors (Lipinski definition) is 4. The molecule has 2 aliphatic heterocycles. The minimum absolute atomic E-state index is 0.0257. The number of nitrogens with two attached hydrogens (primary N) is 2. The average molecular weight is 543 g/mol. The van der Waals surface area contributed by atoms with Gasteiger partial charge in [-0.3, -0.25) is 9.59 Å². The summed E-state index contributed by atoms with van der Waals surface area (Å²) >= 11 is 0. The first-order valence-electron chi connectivity index (χ1n) is 13.5. The lowest BCUT2D eigenvalue weighted by atomic mass is 9.74. The van der Waals surface area contributed by atoms with Crippen molar-refractivity contribution < 1.29 is 14.1 Å². The van der Waals surface area contributed by atoms with E-state index in [1.54, 1.807) is 13.8 Å². The summed E-state index contributed by atoms with van der Waals surface area (Å²) in [6, 6.07) is 15.4. The first kappa shape index (κ1) is 25.9. The monoisotopic (exact) mass is 542 g/mol. The number of nitrogen functional groups attached to an aromatic ring is 1. The third-order valence-electron chi connectivity index (χ3n) is 8.22. The molecule has 2 amide bonds. The summed E-state index contributed by atoms with van der Waals surface area (Å²) in [6.45, 7) is 5.06. The zero-order valence-electron chi connectivity index (χ0n) is 22.7. The van der Waals surface area contributed by atoms with Gasteiger partial charge in [0, 0.05) is 54.3 Å². The maximum absolute atomic E-state index is 14.0. The fourth-order valence-electron chi connectivity index (χ4n) is 6.01.